The molecule has 0 aliphatic heterocycles. The molecular formula is C13H18F3NS. The Kier molecular flexibility index (Phi) is 4.33. The fourth-order valence-electron chi connectivity index (χ4n) is 2.42. The lowest BCUT2D eigenvalue weighted by molar-refractivity contribution is -0.136. The van der Waals surface area contributed by atoms with E-state index in [1.165, 1.54) is 16.9 Å². The maximum absolute atomic E-state index is 12.3. The smallest absolute Gasteiger partial charge is 0.310 e. The SMILES string of the molecule is CCNC(CCC(F)(F)F)c1cc2c(s1)CCC2. The van der Waals surface area contributed by atoms with E-state index in [-0.39, 0.29) is 12.5 Å². The Morgan fingerprint density at radius 1 is 1.39 bits per heavy atom. The molecule has 1 nitrogen and oxygen atoms in total. The number of hydrogen-bond donors (Lipinski definition) is 1. The van der Waals surface area contributed by atoms with Crippen molar-refractivity contribution < 1.29 is 13.2 Å². The van der Waals surface area contributed by atoms with E-state index in [9.17, 15) is 13.2 Å². The third-order valence-corrected chi connectivity index (χ3v) is 4.63. The van der Waals surface area contributed by atoms with Gasteiger partial charge in [-0.1, -0.05) is 6.92 Å². The van der Waals surface area contributed by atoms with Gasteiger partial charge in [0.25, 0.3) is 0 Å². The van der Waals surface area contributed by atoms with Crippen LogP contribution in [0.2, 0.25) is 0 Å². The molecule has 1 atom stereocenters. The minimum absolute atomic E-state index is 0.136. The van der Waals surface area contributed by atoms with Crippen molar-refractivity contribution >= 4 is 11.3 Å². The standard InChI is InChI=1S/C13H18F3NS/c1-2-17-10(6-7-13(14,15)16)12-8-9-4-3-5-11(9)18-12/h8,10,17H,2-7H2,1H3. The zero-order valence-corrected chi connectivity index (χ0v) is 11.3. The number of nitrogens with one attached hydrogen (secondary N) is 1. The van der Waals surface area contributed by atoms with Gasteiger partial charge in [0.2, 0.25) is 0 Å². The predicted octanol–water partition coefficient (Wildman–Crippen LogP) is 4.23. The van der Waals surface area contributed by atoms with Crippen LogP contribution in [0.4, 0.5) is 13.2 Å². The van der Waals surface area contributed by atoms with Gasteiger partial charge in [0, 0.05) is 22.2 Å². The molecule has 0 radical (unpaired) electrons. The van der Waals surface area contributed by atoms with Gasteiger partial charge in [-0.2, -0.15) is 13.2 Å². The van der Waals surface area contributed by atoms with Gasteiger partial charge in [-0.05, 0) is 43.9 Å². The van der Waals surface area contributed by atoms with Gasteiger partial charge in [0.1, 0.15) is 0 Å². The molecular weight excluding hydrogens is 259 g/mol. The Hall–Kier alpha value is -0.550. The summed E-state index contributed by atoms with van der Waals surface area (Å²) in [6.07, 6.45) is -1.27. The van der Waals surface area contributed by atoms with Crippen molar-refractivity contribution in [2.24, 2.45) is 0 Å². The average molecular weight is 277 g/mol. The molecule has 0 aromatic carbocycles. The molecule has 1 aromatic rings. The third-order valence-electron chi connectivity index (χ3n) is 3.28. The molecule has 1 aromatic heterocycles. The van der Waals surface area contributed by atoms with E-state index in [1.54, 1.807) is 11.3 Å². The van der Waals surface area contributed by atoms with Crippen LogP contribution in [0, 0.1) is 0 Å². The van der Waals surface area contributed by atoms with Gasteiger partial charge < -0.3 is 5.32 Å². The second-order valence-electron chi connectivity index (χ2n) is 4.71. The van der Waals surface area contributed by atoms with E-state index in [2.05, 4.69) is 11.4 Å². The van der Waals surface area contributed by atoms with Crippen molar-refractivity contribution in [1.82, 2.24) is 5.32 Å². The molecule has 1 aliphatic carbocycles. The lowest BCUT2D eigenvalue weighted by Crippen LogP contribution is -2.22. The number of alkyl halides is 3. The zero-order valence-electron chi connectivity index (χ0n) is 10.4. The van der Waals surface area contributed by atoms with Crippen molar-refractivity contribution in [3.63, 3.8) is 0 Å². The minimum atomic E-state index is -4.06. The summed E-state index contributed by atoms with van der Waals surface area (Å²) < 4.78 is 36.9. The maximum Gasteiger partial charge on any atom is 0.389 e. The molecule has 0 saturated carbocycles. The fraction of sp³-hybridized carbons (Fsp3) is 0.692. The quantitative estimate of drug-likeness (QED) is 0.849. The van der Waals surface area contributed by atoms with Crippen molar-refractivity contribution in [3.8, 4) is 0 Å². The number of hydrogen-bond acceptors (Lipinski definition) is 2. The first-order valence-corrected chi connectivity index (χ1v) is 7.23. The lowest BCUT2D eigenvalue weighted by atomic mass is 10.1. The number of aryl methyl sites for hydroxylation is 2. The van der Waals surface area contributed by atoms with Gasteiger partial charge in [-0.3, -0.25) is 0 Å². The Morgan fingerprint density at radius 3 is 2.78 bits per heavy atom. The molecule has 5 heteroatoms. The van der Waals surface area contributed by atoms with Crippen LogP contribution in [-0.2, 0) is 12.8 Å². The van der Waals surface area contributed by atoms with Crippen LogP contribution in [0.1, 0.15) is 47.5 Å². The van der Waals surface area contributed by atoms with Gasteiger partial charge >= 0.3 is 6.18 Å². The first-order chi connectivity index (χ1) is 8.49. The molecule has 1 unspecified atom stereocenters. The Balaban J connectivity index is 2.04. The van der Waals surface area contributed by atoms with Gasteiger partial charge in [-0.25, -0.2) is 0 Å². The van der Waals surface area contributed by atoms with E-state index in [1.807, 2.05) is 6.92 Å². The zero-order chi connectivity index (χ0) is 13.2. The van der Waals surface area contributed by atoms with E-state index < -0.39 is 12.6 Å². The summed E-state index contributed by atoms with van der Waals surface area (Å²) in [6, 6.07) is 1.96. The molecule has 1 heterocycles. The average Bonchev–Trinajstić information content (AvgIpc) is 2.82. The van der Waals surface area contributed by atoms with Gasteiger partial charge in [0.15, 0.2) is 0 Å². The molecule has 0 saturated heterocycles. The maximum atomic E-state index is 12.3. The molecule has 102 valence electrons. The molecule has 0 bridgehead atoms. The third kappa shape index (κ3) is 3.48. The summed E-state index contributed by atoms with van der Waals surface area (Å²) in [7, 11) is 0. The lowest BCUT2D eigenvalue weighted by Gasteiger charge is -2.17. The number of fused-ring (bicyclic) bond motifs is 1. The van der Waals surface area contributed by atoms with E-state index >= 15 is 0 Å². The van der Waals surface area contributed by atoms with Crippen LogP contribution in [0.5, 0.6) is 0 Å². The highest BCUT2D eigenvalue weighted by Gasteiger charge is 2.29. The van der Waals surface area contributed by atoms with Crippen LogP contribution < -0.4 is 5.32 Å². The van der Waals surface area contributed by atoms with Crippen LogP contribution in [0.25, 0.3) is 0 Å². The molecule has 18 heavy (non-hydrogen) atoms. The molecule has 1 N–H and O–H groups in total. The minimum Gasteiger partial charge on any atom is -0.310 e. The summed E-state index contributed by atoms with van der Waals surface area (Å²) >= 11 is 1.69. The monoisotopic (exact) mass is 277 g/mol. The van der Waals surface area contributed by atoms with Crippen molar-refractivity contribution in [3.05, 3.63) is 21.4 Å². The molecule has 2 rings (SSSR count). The summed E-state index contributed by atoms with van der Waals surface area (Å²) in [5.41, 5.74) is 1.35. The molecule has 1 aliphatic rings. The summed E-state index contributed by atoms with van der Waals surface area (Å²) in [5.74, 6) is 0. The second kappa shape index (κ2) is 5.61. The van der Waals surface area contributed by atoms with E-state index in [0.717, 1.165) is 17.7 Å². The highest BCUT2D eigenvalue weighted by atomic mass is 32.1. The van der Waals surface area contributed by atoms with Crippen LogP contribution in [-0.4, -0.2) is 12.7 Å². The molecule has 0 fully saturated rings. The normalized spacial score (nSPS) is 16.9. The number of rotatable bonds is 5. The fourth-order valence-corrected chi connectivity index (χ4v) is 3.79. The first kappa shape index (κ1) is 13.9. The summed E-state index contributed by atoms with van der Waals surface area (Å²) in [6.45, 7) is 2.63. The topological polar surface area (TPSA) is 12.0 Å². The van der Waals surface area contributed by atoms with Gasteiger partial charge in [-0.15, -0.1) is 11.3 Å². The second-order valence-corrected chi connectivity index (χ2v) is 5.88. The molecule has 0 amide bonds. The van der Waals surface area contributed by atoms with E-state index in [0.29, 0.717) is 6.54 Å². The Bertz CT molecular complexity index is 376. The highest BCUT2D eigenvalue weighted by molar-refractivity contribution is 7.12. The Morgan fingerprint density at radius 2 is 2.17 bits per heavy atom. The summed E-state index contributed by atoms with van der Waals surface area (Å²) in [4.78, 5) is 2.45. The van der Waals surface area contributed by atoms with Crippen LogP contribution in [0.15, 0.2) is 6.07 Å². The largest absolute Gasteiger partial charge is 0.389 e. The van der Waals surface area contributed by atoms with Crippen molar-refractivity contribution in [2.75, 3.05) is 6.54 Å². The van der Waals surface area contributed by atoms with E-state index in [4.69, 9.17) is 0 Å². The first-order valence-electron chi connectivity index (χ1n) is 6.41. The highest BCUT2D eigenvalue weighted by Crippen LogP contribution is 2.36. The predicted molar refractivity (Wildman–Crippen MR) is 68.1 cm³/mol. The number of thiophene rings is 1. The molecule has 0 spiro atoms. The van der Waals surface area contributed by atoms with Crippen molar-refractivity contribution in [2.45, 2.75) is 51.2 Å². The van der Waals surface area contributed by atoms with Crippen LogP contribution in [0.3, 0.4) is 0 Å². The van der Waals surface area contributed by atoms with Gasteiger partial charge in [0.05, 0.1) is 0 Å². The summed E-state index contributed by atoms with van der Waals surface area (Å²) in [5, 5.41) is 3.17. The Labute approximate surface area is 109 Å². The number of halogens is 3. The van der Waals surface area contributed by atoms with Crippen LogP contribution >= 0.6 is 11.3 Å². The van der Waals surface area contributed by atoms with Crippen molar-refractivity contribution in [1.29, 1.82) is 0 Å².